The van der Waals surface area contributed by atoms with Gasteiger partial charge in [0.05, 0.1) is 6.04 Å². The van der Waals surface area contributed by atoms with E-state index in [1.54, 1.807) is 14.1 Å². The summed E-state index contributed by atoms with van der Waals surface area (Å²) in [6.45, 7) is 6.93. The number of carbonyl (C=O) groups is 3. The molecule has 7 heteroatoms. The van der Waals surface area contributed by atoms with Gasteiger partial charge in [-0.05, 0) is 56.1 Å². The third-order valence-electron chi connectivity index (χ3n) is 5.77. The van der Waals surface area contributed by atoms with Crippen LogP contribution in [0.3, 0.4) is 0 Å². The Morgan fingerprint density at radius 1 is 0.892 bits per heavy atom. The third-order valence-corrected chi connectivity index (χ3v) is 5.77. The van der Waals surface area contributed by atoms with Crippen molar-refractivity contribution in [1.82, 2.24) is 10.2 Å². The molecule has 3 rings (SSSR count). The Bertz CT molecular complexity index is 1190. The lowest BCUT2D eigenvalue weighted by atomic mass is 9.99. The summed E-state index contributed by atoms with van der Waals surface area (Å²) < 4.78 is 4.80. The molecule has 2 amide bonds. The zero-order valence-electron chi connectivity index (χ0n) is 22.7. The first-order valence-corrected chi connectivity index (χ1v) is 12.4. The highest BCUT2D eigenvalue weighted by molar-refractivity contribution is 5.89. The number of nitrogens with zero attached hydrogens (tertiary/aromatic N) is 1. The number of ether oxygens (including phenoxy) is 1. The molecule has 0 aliphatic rings. The zero-order valence-corrected chi connectivity index (χ0v) is 22.7. The summed E-state index contributed by atoms with van der Waals surface area (Å²) in [4.78, 5) is 36.9. The number of benzene rings is 3. The van der Waals surface area contributed by atoms with E-state index in [2.05, 4.69) is 29.6 Å². The molecule has 0 fully saturated rings. The van der Waals surface area contributed by atoms with Crippen molar-refractivity contribution in [1.29, 1.82) is 0 Å². The van der Waals surface area contributed by atoms with Crippen LogP contribution < -0.4 is 11.1 Å². The van der Waals surface area contributed by atoms with Crippen molar-refractivity contribution in [3.63, 3.8) is 0 Å². The van der Waals surface area contributed by atoms with E-state index >= 15 is 0 Å². The first-order valence-electron chi connectivity index (χ1n) is 12.4. The second-order valence-corrected chi connectivity index (χ2v) is 9.99. The Labute approximate surface area is 220 Å². The number of esters is 1. The second-order valence-electron chi connectivity index (χ2n) is 9.99. The summed E-state index contributed by atoms with van der Waals surface area (Å²) >= 11 is 0. The summed E-state index contributed by atoms with van der Waals surface area (Å²) in [7, 11) is 3.40. The number of fused-ring (bicyclic) bond motifs is 1. The van der Waals surface area contributed by atoms with Crippen LogP contribution in [0.5, 0.6) is 0 Å². The SMILES string of the molecule is CC(=O)OC(C)(C)C.CN[C@H](Cc1ccc2ccccc2c1)C(=O)N(C)[C@H](Cc1ccccc1)C(N)=O. The average molecular weight is 506 g/mol. The van der Waals surface area contributed by atoms with E-state index in [0.717, 1.165) is 21.9 Å². The molecule has 37 heavy (non-hydrogen) atoms. The van der Waals surface area contributed by atoms with Crippen molar-refractivity contribution in [2.45, 2.75) is 58.2 Å². The molecular weight excluding hydrogens is 466 g/mol. The molecule has 3 N–H and O–H groups in total. The van der Waals surface area contributed by atoms with Crippen LogP contribution in [0, 0.1) is 0 Å². The number of primary amides is 1. The predicted octanol–water partition coefficient (Wildman–Crippen LogP) is 3.87. The summed E-state index contributed by atoms with van der Waals surface area (Å²) in [5.74, 6) is -0.886. The molecule has 0 saturated carbocycles. The fraction of sp³-hybridized carbons (Fsp3) is 0.367. The van der Waals surface area contributed by atoms with Gasteiger partial charge in [0.2, 0.25) is 11.8 Å². The quantitative estimate of drug-likeness (QED) is 0.453. The second kappa shape index (κ2) is 13.6. The van der Waals surface area contributed by atoms with Gasteiger partial charge in [-0.15, -0.1) is 0 Å². The monoisotopic (exact) mass is 505 g/mol. The van der Waals surface area contributed by atoms with Gasteiger partial charge in [-0.3, -0.25) is 14.4 Å². The van der Waals surface area contributed by atoms with Gasteiger partial charge in [0.25, 0.3) is 0 Å². The van der Waals surface area contributed by atoms with Crippen LogP contribution in [-0.2, 0) is 32.0 Å². The minimum atomic E-state index is -0.697. The van der Waals surface area contributed by atoms with Crippen LogP contribution >= 0.6 is 0 Å². The van der Waals surface area contributed by atoms with Crippen molar-refractivity contribution >= 4 is 28.6 Å². The number of hydrogen-bond donors (Lipinski definition) is 2. The number of rotatable bonds is 8. The molecule has 0 radical (unpaired) electrons. The number of nitrogens with two attached hydrogens (primary N) is 1. The van der Waals surface area contributed by atoms with Gasteiger partial charge in [-0.25, -0.2) is 0 Å². The molecule has 3 aromatic carbocycles. The van der Waals surface area contributed by atoms with Crippen LogP contribution in [0.4, 0.5) is 0 Å². The Hall–Kier alpha value is -3.71. The number of hydrogen-bond acceptors (Lipinski definition) is 5. The average Bonchev–Trinajstić information content (AvgIpc) is 2.84. The number of likely N-dealkylation sites (N-methyl/N-ethyl adjacent to an activating group) is 2. The topological polar surface area (TPSA) is 102 Å². The van der Waals surface area contributed by atoms with Crippen molar-refractivity contribution in [2.24, 2.45) is 5.73 Å². The maximum atomic E-state index is 13.1. The molecule has 0 aliphatic heterocycles. The highest BCUT2D eigenvalue weighted by atomic mass is 16.6. The third kappa shape index (κ3) is 9.69. The molecule has 3 aromatic rings. The minimum Gasteiger partial charge on any atom is -0.460 e. The molecule has 0 unspecified atom stereocenters. The van der Waals surface area contributed by atoms with E-state index in [4.69, 9.17) is 10.5 Å². The van der Waals surface area contributed by atoms with Crippen LogP contribution in [0.25, 0.3) is 10.8 Å². The molecular formula is C30H39N3O4. The first kappa shape index (κ1) is 29.5. The fourth-order valence-corrected chi connectivity index (χ4v) is 4.01. The molecule has 0 heterocycles. The van der Waals surface area contributed by atoms with E-state index in [-0.39, 0.29) is 17.5 Å². The van der Waals surface area contributed by atoms with Gasteiger partial charge in [0.1, 0.15) is 11.6 Å². The van der Waals surface area contributed by atoms with E-state index in [0.29, 0.717) is 12.8 Å². The lowest BCUT2D eigenvalue weighted by Crippen LogP contribution is -2.53. The van der Waals surface area contributed by atoms with Crippen LogP contribution in [-0.4, -0.2) is 54.5 Å². The van der Waals surface area contributed by atoms with Crippen molar-refractivity contribution < 1.29 is 19.1 Å². The molecule has 0 spiro atoms. The zero-order chi connectivity index (χ0) is 27.6. The summed E-state index contributed by atoms with van der Waals surface area (Å²) in [5, 5.41) is 5.40. The normalized spacial score (nSPS) is 12.6. The molecule has 2 atom stereocenters. The van der Waals surface area contributed by atoms with E-state index < -0.39 is 18.0 Å². The Morgan fingerprint density at radius 3 is 2.00 bits per heavy atom. The lowest BCUT2D eigenvalue weighted by molar-refractivity contribution is -0.151. The van der Waals surface area contributed by atoms with Gasteiger partial charge in [0.15, 0.2) is 0 Å². The van der Waals surface area contributed by atoms with E-state index in [1.165, 1.54) is 11.8 Å². The van der Waals surface area contributed by atoms with Crippen LogP contribution in [0.1, 0.15) is 38.8 Å². The van der Waals surface area contributed by atoms with Gasteiger partial charge >= 0.3 is 5.97 Å². The lowest BCUT2D eigenvalue weighted by Gasteiger charge is -2.29. The molecule has 7 nitrogen and oxygen atoms in total. The maximum Gasteiger partial charge on any atom is 0.303 e. The van der Waals surface area contributed by atoms with Crippen LogP contribution in [0.2, 0.25) is 0 Å². The Kier molecular flexibility index (Phi) is 10.8. The highest BCUT2D eigenvalue weighted by Crippen LogP contribution is 2.18. The van der Waals surface area contributed by atoms with Crippen molar-refractivity contribution in [3.05, 3.63) is 83.9 Å². The largest absolute Gasteiger partial charge is 0.460 e. The summed E-state index contributed by atoms with van der Waals surface area (Å²) in [5.41, 5.74) is 7.32. The molecule has 0 bridgehead atoms. The summed E-state index contributed by atoms with van der Waals surface area (Å²) in [6, 6.07) is 22.8. The predicted molar refractivity (Wildman–Crippen MR) is 148 cm³/mol. The van der Waals surface area contributed by atoms with Gasteiger partial charge < -0.3 is 20.7 Å². The fourth-order valence-electron chi connectivity index (χ4n) is 4.01. The molecule has 0 aromatic heterocycles. The maximum absolute atomic E-state index is 13.1. The van der Waals surface area contributed by atoms with Crippen molar-refractivity contribution in [2.75, 3.05) is 14.1 Å². The molecule has 0 aliphatic carbocycles. The molecule has 0 saturated heterocycles. The van der Waals surface area contributed by atoms with Crippen LogP contribution in [0.15, 0.2) is 72.8 Å². The highest BCUT2D eigenvalue weighted by Gasteiger charge is 2.29. The smallest absolute Gasteiger partial charge is 0.303 e. The minimum absolute atomic E-state index is 0.152. The number of carbonyl (C=O) groups excluding carboxylic acids is 3. The first-order chi connectivity index (χ1) is 17.4. The molecule has 198 valence electrons. The van der Waals surface area contributed by atoms with E-state index in [1.807, 2.05) is 69.3 Å². The number of nitrogens with one attached hydrogen (secondary N) is 1. The standard InChI is InChI=1S/C24H27N3O2.C6H12O2/c1-26-21(15-18-12-13-19-10-6-7-11-20(19)14-18)24(29)27(2)22(23(25)28)16-17-8-4-3-5-9-17;1-5(7)8-6(2,3)4/h3-14,21-22,26H,15-16H2,1-2H3,(H2,25,28);1-4H3/t21-,22-;/m1./s1. The number of amides is 2. The van der Waals surface area contributed by atoms with Gasteiger partial charge in [0, 0.05) is 20.4 Å². The van der Waals surface area contributed by atoms with Crippen molar-refractivity contribution in [3.8, 4) is 0 Å². The summed E-state index contributed by atoms with van der Waals surface area (Å²) in [6.07, 6.45) is 0.923. The Balaban J connectivity index is 0.000000521. The van der Waals surface area contributed by atoms with E-state index in [9.17, 15) is 14.4 Å². The van der Waals surface area contributed by atoms with Gasteiger partial charge in [-0.1, -0.05) is 72.8 Å². The van der Waals surface area contributed by atoms with Gasteiger partial charge in [-0.2, -0.15) is 0 Å². The Morgan fingerprint density at radius 2 is 1.49 bits per heavy atom.